The average Bonchev–Trinajstić information content (AvgIpc) is 3.25. The van der Waals surface area contributed by atoms with Crippen molar-refractivity contribution in [1.29, 1.82) is 0 Å². The Hall–Kier alpha value is -3.07. The highest BCUT2D eigenvalue weighted by atomic mass is 32.2. The maximum Gasteiger partial charge on any atom is 0.238 e. The fourth-order valence-corrected chi connectivity index (χ4v) is 5.19. The van der Waals surface area contributed by atoms with Crippen LogP contribution in [0.15, 0.2) is 59.6 Å². The minimum absolute atomic E-state index is 0.0483. The van der Waals surface area contributed by atoms with Crippen molar-refractivity contribution < 1.29 is 13.2 Å². The molecule has 0 saturated heterocycles. The van der Waals surface area contributed by atoms with Gasteiger partial charge in [0.1, 0.15) is 5.69 Å². The van der Waals surface area contributed by atoms with Gasteiger partial charge in [0.05, 0.1) is 11.1 Å². The fourth-order valence-electron chi connectivity index (χ4n) is 3.51. The summed E-state index contributed by atoms with van der Waals surface area (Å²) in [5.41, 5.74) is 4.29. The van der Waals surface area contributed by atoms with E-state index in [1.807, 2.05) is 49.4 Å². The number of sulfonamides is 1. The molecule has 0 unspecified atom stereocenters. The number of primary sulfonamides is 1. The molecule has 31 heavy (non-hydrogen) atoms. The zero-order valence-corrected chi connectivity index (χ0v) is 18.9. The van der Waals surface area contributed by atoms with E-state index in [9.17, 15) is 13.2 Å². The van der Waals surface area contributed by atoms with E-state index in [4.69, 9.17) is 5.14 Å². The molecule has 0 fully saturated rings. The predicted molar refractivity (Wildman–Crippen MR) is 124 cm³/mol. The largest absolute Gasteiger partial charge is 0.288 e. The maximum atomic E-state index is 12.9. The molecule has 0 atom stereocenters. The Bertz CT molecular complexity index is 1460. The lowest BCUT2D eigenvalue weighted by Crippen LogP contribution is -2.13. The molecule has 8 heteroatoms. The molecule has 0 bridgehead atoms. The SMILES string of the molecule is Cc1ccc(S(N)(=O)=O)c(-c2ccccc2C=CC(=O)c2cnc3sc(C)c(C)n23)c1. The summed E-state index contributed by atoms with van der Waals surface area (Å²) in [4.78, 5) is 19.2. The Morgan fingerprint density at radius 3 is 2.58 bits per heavy atom. The van der Waals surface area contributed by atoms with Crippen LogP contribution in [0, 0.1) is 20.8 Å². The van der Waals surface area contributed by atoms with E-state index < -0.39 is 10.0 Å². The number of hydrogen-bond acceptors (Lipinski definition) is 5. The quantitative estimate of drug-likeness (QED) is 0.356. The molecule has 158 valence electrons. The zero-order chi connectivity index (χ0) is 22.3. The van der Waals surface area contributed by atoms with Gasteiger partial charge >= 0.3 is 0 Å². The monoisotopic (exact) mass is 451 g/mol. The van der Waals surface area contributed by atoms with E-state index in [0.717, 1.165) is 21.1 Å². The van der Waals surface area contributed by atoms with Crippen LogP contribution in [0.4, 0.5) is 0 Å². The number of carbonyl (C=O) groups excluding carboxylic acids is 1. The van der Waals surface area contributed by atoms with E-state index in [2.05, 4.69) is 4.98 Å². The normalized spacial score (nSPS) is 12.1. The lowest BCUT2D eigenvalue weighted by Gasteiger charge is -2.12. The molecule has 2 aromatic carbocycles. The van der Waals surface area contributed by atoms with Crippen LogP contribution in [-0.4, -0.2) is 23.6 Å². The number of ketones is 1. The Balaban J connectivity index is 1.78. The molecule has 2 heterocycles. The summed E-state index contributed by atoms with van der Waals surface area (Å²) >= 11 is 1.54. The number of nitrogens with two attached hydrogens (primary N) is 1. The van der Waals surface area contributed by atoms with Crippen molar-refractivity contribution in [2.45, 2.75) is 25.7 Å². The third-order valence-electron chi connectivity index (χ3n) is 5.18. The van der Waals surface area contributed by atoms with Gasteiger partial charge in [-0.2, -0.15) is 0 Å². The highest BCUT2D eigenvalue weighted by Gasteiger charge is 2.18. The van der Waals surface area contributed by atoms with Gasteiger partial charge < -0.3 is 0 Å². The minimum Gasteiger partial charge on any atom is -0.288 e. The van der Waals surface area contributed by atoms with E-state index in [1.54, 1.807) is 35.7 Å². The number of fused-ring (bicyclic) bond motifs is 1. The van der Waals surface area contributed by atoms with E-state index in [1.165, 1.54) is 12.1 Å². The second-order valence-corrected chi connectivity index (χ2v) is 10.0. The fraction of sp³-hybridized carbons (Fsp3) is 0.130. The van der Waals surface area contributed by atoms with Gasteiger partial charge in [-0.1, -0.05) is 48.0 Å². The molecule has 4 aromatic rings. The van der Waals surface area contributed by atoms with E-state index in [-0.39, 0.29) is 10.7 Å². The number of carbonyl (C=O) groups is 1. The van der Waals surface area contributed by atoms with Crippen molar-refractivity contribution in [2.75, 3.05) is 0 Å². The van der Waals surface area contributed by atoms with Gasteiger partial charge in [0, 0.05) is 16.1 Å². The number of imidazole rings is 1. The van der Waals surface area contributed by atoms with Crippen molar-refractivity contribution in [3.8, 4) is 11.1 Å². The van der Waals surface area contributed by atoms with Gasteiger partial charge in [0.15, 0.2) is 4.96 Å². The lowest BCUT2D eigenvalue weighted by molar-refractivity contribution is 0.104. The molecule has 2 N–H and O–H groups in total. The topological polar surface area (TPSA) is 94.5 Å². The number of benzene rings is 2. The first-order valence-electron chi connectivity index (χ1n) is 9.55. The molecule has 6 nitrogen and oxygen atoms in total. The maximum absolute atomic E-state index is 12.9. The minimum atomic E-state index is -3.91. The number of hydrogen-bond donors (Lipinski definition) is 1. The second-order valence-electron chi connectivity index (χ2n) is 7.33. The second kappa shape index (κ2) is 7.88. The average molecular weight is 452 g/mol. The number of aryl methyl sites for hydroxylation is 3. The Kier molecular flexibility index (Phi) is 5.38. The molecular formula is C23H21N3O3S2. The number of rotatable bonds is 5. The van der Waals surface area contributed by atoms with Gasteiger partial charge in [-0.25, -0.2) is 18.5 Å². The highest BCUT2D eigenvalue weighted by Crippen LogP contribution is 2.31. The molecule has 0 aliphatic rings. The molecule has 0 aliphatic carbocycles. The molecule has 0 spiro atoms. The van der Waals surface area contributed by atoms with Crippen molar-refractivity contribution in [3.63, 3.8) is 0 Å². The van der Waals surface area contributed by atoms with Crippen molar-refractivity contribution in [3.05, 3.63) is 82.1 Å². The third-order valence-corrected chi connectivity index (χ3v) is 7.22. The van der Waals surface area contributed by atoms with Gasteiger partial charge in [-0.3, -0.25) is 9.20 Å². The molecule has 0 radical (unpaired) electrons. The van der Waals surface area contributed by atoms with Crippen LogP contribution in [-0.2, 0) is 10.0 Å². The molecule has 2 aromatic heterocycles. The molecule has 0 amide bonds. The zero-order valence-electron chi connectivity index (χ0n) is 17.3. The summed E-state index contributed by atoms with van der Waals surface area (Å²) in [6.45, 7) is 5.84. The Morgan fingerprint density at radius 1 is 1.10 bits per heavy atom. The summed E-state index contributed by atoms with van der Waals surface area (Å²) in [7, 11) is -3.91. The summed E-state index contributed by atoms with van der Waals surface area (Å²) < 4.78 is 26.1. The molecule has 0 aliphatic heterocycles. The summed E-state index contributed by atoms with van der Waals surface area (Å²) in [6.07, 6.45) is 4.76. The summed E-state index contributed by atoms with van der Waals surface area (Å²) in [6, 6.07) is 12.3. The van der Waals surface area contributed by atoms with Gasteiger partial charge in [-0.05, 0) is 44.0 Å². The number of allylic oxidation sites excluding steroid dienone is 1. The first-order valence-corrected chi connectivity index (χ1v) is 11.9. The van der Waals surface area contributed by atoms with Gasteiger partial charge in [-0.15, -0.1) is 11.3 Å². The predicted octanol–water partition coefficient (Wildman–Crippen LogP) is 4.53. The van der Waals surface area contributed by atoms with Crippen molar-refractivity contribution in [1.82, 2.24) is 9.38 Å². The summed E-state index contributed by atoms with van der Waals surface area (Å²) in [5, 5.41) is 5.44. The number of thiazole rings is 1. The van der Waals surface area contributed by atoms with Crippen LogP contribution in [0.3, 0.4) is 0 Å². The first-order chi connectivity index (χ1) is 14.7. The third kappa shape index (κ3) is 3.97. The van der Waals surface area contributed by atoms with E-state index in [0.29, 0.717) is 22.4 Å². The van der Waals surface area contributed by atoms with Crippen LogP contribution in [0.2, 0.25) is 0 Å². The first kappa shape index (κ1) is 21.2. The standard InChI is InChI=1S/C23H21N3O3S2/c1-14-8-11-22(31(24,28)29)19(12-14)18-7-5-4-6-17(18)9-10-21(27)20-13-25-23-26(20)15(2)16(3)30-23/h4-13H,1-3H3,(H2,24,28,29). The molecule has 0 saturated carbocycles. The van der Waals surface area contributed by atoms with Gasteiger partial charge in [0.2, 0.25) is 15.8 Å². The van der Waals surface area contributed by atoms with Crippen LogP contribution in [0.25, 0.3) is 22.2 Å². The molecule has 4 rings (SSSR count). The van der Waals surface area contributed by atoms with Crippen LogP contribution in [0.5, 0.6) is 0 Å². The van der Waals surface area contributed by atoms with Crippen LogP contribution < -0.4 is 5.14 Å². The van der Waals surface area contributed by atoms with Crippen LogP contribution >= 0.6 is 11.3 Å². The Morgan fingerprint density at radius 2 is 1.84 bits per heavy atom. The number of nitrogens with zero attached hydrogens (tertiary/aromatic N) is 2. The summed E-state index contributed by atoms with van der Waals surface area (Å²) in [5.74, 6) is -0.181. The smallest absolute Gasteiger partial charge is 0.238 e. The van der Waals surface area contributed by atoms with Crippen LogP contribution in [0.1, 0.15) is 32.2 Å². The highest BCUT2D eigenvalue weighted by molar-refractivity contribution is 7.89. The van der Waals surface area contributed by atoms with E-state index >= 15 is 0 Å². The van der Waals surface area contributed by atoms with Crippen molar-refractivity contribution in [2.24, 2.45) is 5.14 Å². The van der Waals surface area contributed by atoms with Crippen molar-refractivity contribution >= 4 is 38.2 Å². The number of aromatic nitrogens is 2. The lowest BCUT2D eigenvalue weighted by atomic mass is 9.97. The Labute approximate surface area is 184 Å². The van der Waals surface area contributed by atoms with Gasteiger partial charge in [0.25, 0.3) is 0 Å². The molecular weight excluding hydrogens is 430 g/mol.